The molecule has 0 atom stereocenters. The second-order valence-electron chi connectivity index (χ2n) is 6.52. The van der Waals surface area contributed by atoms with Gasteiger partial charge in [-0.3, -0.25) is 0 Å². The molecule has 1 aromatic carbocycles. The molecule has 2 aromatic heterocycles. The van der Waals surface area contributed by atoms with Gasteiger partial charge in [0.25, 0.3) is 0 Å². The van der Waals surface area contributed by atoms with Crippen molar-refractivity contribution in [2.45, 2.75) is 45.1 Å². The Balaban J connectivity index is 1.94. The molecule has 0 aliphatic carbocycles. The minimum absolute atomic E-state index is 0.313. The zero-order valence-corrected chi connectivity index (χ0v) is 16.7. The monoisotopic (exact) mass is 372 g/mol. The summed E-state index contributed by atoms with van der Waals surface area (Å²) in [4.78, 5) is 16.6. The minimum Gasteiger partial charge on any atom is -0.423 e. The average molecular weight is 372 g/mol. The van der Waals surface area contributed by atoms with Crippen molar-refractivity contribution in [3.63, 3.8) is 0 Å². The van der Waals surface area contributed by atoms with Crippen LogP contribution in [0.4, 0.5) is 0 Å². The quantitative estimate of drug-likeness (QED) is 0.480. The Morgan fingerprint density at radius 1 is 1.15 bits per heavy atom. The molecular weight excluding hydrogens is 348 g/mol. The lowest BCUT2D eigenvalue weighted by Gasteiger charge is -2.10. The van der Waals surface area contributed by atoms with Gasteiger partial charge in [-0.05, 0) is 56.5 Å². The van der Waals surface area contributed by atoms with Crippen molar-refractivity contribution >= 4 is 22.7 Å². The predicted molar refractivity (Wildman–Crippen MR) is 105 cm³/mol. The van der Waals surface area contributed by atoms with Gasteiger partial charge in [-0.2, -0.15) is 0 Å². The number of fused-ring (bicyclic) bond motifs is 1. The van der Waals surface area contributed by atoms with Gasteiger partial charge in [-0.15, -0.1) is 0 Å². The van der Waals surface area contributed by atoms with Gasteiger partial charge in [-0.25, -0.2) is 9.78 Å². The van der Waals surface area contributed by atoms with E-state index in [0.717, 1.165) is 39.6 Å². The molecule has 0 N–H and O–H groups in total. The first-order chi connectivity index (χ1) is 12.4. The summed E-state index contributed by atoms with van der Waals surface area (Å²) < 4.78 is 12.8. The van der Waals surface area contributed by atoms with E-state index in [2.05, 4.69) is 29.5 Å². The Kier molecular flexibility index (Phi) is 5.53. The number of methoxy groups -OCH3 is 1. The number of imidazole rings is 1. The molecule has 0 aliphatic heterocycles. The predicted octanol–water partition coefficient (Wildman–Crippen LogP) is 4.16. The number of ether oxygens (including phenoxy) is 1. The maximum absolute atomic E-state index is 12.0. The van der Waals surface area contributed by atoms with Crippen molar-refractivity contribution < 1.29 is 9.15 Å². The maximum Gasteiger partial charge on any atom is 0.336 e. The number of thioether (sulfide) groups is 1. The number of nitrogens with zero attached hydrogens (tertiary/aromatic N) is 2. The molecule has 0 unspecified atom stereocenters. The molecule has 0 spiro atoms. The number of rotatable bonds is 6. The van der Waals surface area contributed by atoms with E-state index in [0.29, 0.717) is 17.9 Å². The molecule has 0 saturated heterocycles. The first-order valence-corrected chi connectivity index (χ1v) is 9.58. The Bertz CT molecular complexity index is 1000. The van der Waals surface area contributed by atoms with Crippen LogP contribution >= 0.6 is 11.8 Å². The van der Waals surface area contributed by atoms with Crippen LogP contribution in [0.1, 0.15) is 28.1 Å². The van der Waals surface area contributed by atoms with E-state index in [1.165, 1.54) is 5.56 Å². The van der Waals surface area contributed by atoms with Gasteiger partial charge in [0.1, 0.15) is 5.58 Å². The summed E-state index contributed by atoms with van der Waals surface area (Å²) in [7, 11) is 1.70. The van der Waals surface area contributed by atoms with Crippen molar-refractivity contribution in [3.8, 4) is 0 Å². The molecule has 5 nitrogen and oxygen atoms in total. The molecule has 3 aromatic rings. The highest BCUT2D eigenvalue weighted by molar-refractivity contribution is 7.98. The summed E-state index contributed by atoms with van der Waals surface area (Å²) in [5, 5.41) is 1.94. The van der Waals surface area contributed by atoms with Crippen molar-refractivity contribution in [2.24, 2.45) is 0 Å². The first-order valence-electron chi connectivity index (χ1n) is 8.60. The van der Waals surface area contributed by atoms with Crippen LogP contribution in [0.5, 0.6) is 0 Å². The highest BCUT2D eigenvalue weighted by Gasteiger charge is 2.14. The molecular formula is C20H24N2O3S. The SMILES string of the molecule is COCCn1c(SCc2cc(=O)oc3cc(C)c(C)cc23)nc(C)c1C. The molecule has 6 heteroatoms. The molecule has 0 bridgehead atoms. The third-order valence-corrected chi connectivity index (χ3v) is 5.77. The van der Waals surface area contributed by atoms with Crippen LogP contribution in [0.25, 0.3) is 11.0 Å². The fourth-order valence-corrected chi connectivity index (χ4v) is 4.03. The van der Waals surface area contributed by atoms with Crippen molar-refractivity contribution in [3.05, 3.63) is 56.7 Å². The molecule has 3 rings (SSSR count). The van der Waals surface area contributed by atoms with E-state index in [4.69, 9.17) is 9.15 Å². The minimum atomic E-state index is -0.313. The summed E-state index contributed by atoms with van der Waals surface area (Å²) in [5.74, 6) is 0.660. The summed E-state index contributed by atoms with van der Waals surface area (Å²) in [6.07, 6.45) is 0. The fraction of sp³-hybridized carbons (Fsp3) is 0.400. The third kappa shape index (κ3) is 3.71. The van der Waals surface area contributed by atoms with E-state index in [9.17, 15) is 4.79 Å². The van der Waals surface area contributed by atoms with Gasteiger partial charge in [-0.1, -0.05) is 11.8 Å². The average Bonchev–Trinajstić information content (AvgIpc) is 2.86. The van der Waals surface area contributed by atoms with E-state index < -0.39 is 0 Å². The zero-order chi connectivity index (χ0) is 18.8. The Morgan fingerprint density at radius 3 is 2.62 bits per heavy atom. The standard InChI is InChI=1S/C20H24N2O3S/c1-12-8-17-16(10-19(23)25-18(17)9-13(12)2)11-26-20-21-14(3)15(4)22(20)6-7-24-5/h8-10H,6-7,11H2,1-5H3. The Labute approximate surface area is 157 Å². The normalized spacial score (nSPS) is 11.4. The topological polar surface area (TPSA) is 57.3 Å². The van der Waals surface area contributed by atoms with E-state index >= 15 is 0 Å². The fourth-order valence-electron chi connectivity index (χ4n) is 2.92. The van der Waals surface area contributed by atoms with Gasteiger partial charge in [0.15, 0.2) is 5.16 Å². The Morgan fingerprint density at radius 2 is 1.88 bits per heavy atom. The highest BCUT2D eigenvalue weighted by Crippen LogP contribution is 2.29. The number of benzene rings is 1. The lowest BCUT2D eigenvalue weighted by Crippen LogP contribution is -2.07. The molecule has 138 valence electrons. The van der Waals surface area contributed by atoms with Crippen molar-refractivity contribution in [1.82, 2.24) is 9.55 Å². The van der Waals surface area contributed by atoms with Gasteiger partial charge in [0, 0.05) is 36.6 Å². The smallest absolute Gasteiger partial charge is 0.336 e. The van der Waals surface area contributed by atoms with E-state index in [1.54, 1.807) is 24.9 Å². The van der Waals surface area contributed by atoms with Crippen LogP contribution in [0.2, 0.25) is 0 Å². The van der Waals surface area contributed by atoms with Gasteiger partial charge < -0.3 is 13.7 Å². The van der Waals surface area contributed by atoms with Crippen molar-refractivity contribution in [1.29, 1.82) is 0 Å². The zero-order valence-electron chi connectivity index (χ0n) is 15.9. The van der Waals surface area contributed by atoms with Crippen molar-refractivity contribution in [2.75, 3.05) is 13.7 Å². The van der Waals surface area contributed by atoms with Crippen LogP contribution in [0.15, 0.2) is 32.6 Å². The lowest BCUT2D eigenvalue weighted by atomic mass is 10.0. The van der Waals surface area contributed by atoms with Crippen LogP contribution in [0, 0.1) is 27.7 Å². The number of aryl methyl sites for hydroxylation is 3. The van der Waals surface area contributed by atoms with E-state index in [-0.39, 0.29) is 5.63 Å². The highest BCUT2D eigenvalue weighted by atomic mass is 32.2. The van der Waals surface area contributed by atoms with Crippen LogP contribution < -0.4 is 5.63 Å². The summed E-state index contributed by atoms with van der Waals surface area (Å²) >= 11 is 1.63. The second kappa shape index (κ2) is 7.68. The number of hydrogen-bond donors (Lipinski definition) is 0. The number of aromatic nitrogens is 2. The maximum atomic E-state index is 12.0. The molecule has 0 aliphatic rings. The lowest BCUT2D eigenvalue weighted by molar-refractivity contribution is 0.184. The van der Waals surface area contributed by atoms with Crippen LogP contribution in [0.3, 0.4) is 0 Å². The van der Waals surface area contributed by atoms with Crippen LogP contribution in [-0.4, -0.2) is 23.3 Å². The molecule has 0 radical (unpaired) electrons. The largest absolute Gasteiger partial charge is 0.423 e. The summed E-state index contributed by atoms with van der Waals surface area (Å²) in [6.45, 7) is 9.58. The third-order valence-electron chi connectivity index (χ3n) is 4.74. The van der Waals surface area contributed by atoms with E-state index in [1.807, 2.05) is 19.9 Å². The van der Waals surface area contributed by atoms with Gasteiger partial charge in [0.05, 0.1) is 12.3 Å². The molecule has 2 heterocycles. The summed E-state index contributed by atoms with van der Waals surface area (Å²) in [5.41, 5.74) is 5.78. The molecule has 0 saturated carbocycles. The Hall–Kier alpha value is -2.05. The van der Waals surface area contributed by atoms with Gasteiger partial charge >= 0.3 is 5.63 Å². The number of hydrogen-bond acceptors (Lipinski definition) is 5. The second-order valence-corrected chi connectivity index (χ2v) is 7.46. The summed E-state index contributed by atoms with van der Waals surface area (Å²) in [6, 6.07) is 5.62. The van der Waals surface area contributed by atoms with Gasteiger partial charge in [0.2, 0.25) is 0 Å². The molecule has 0 amide bonds. The molecule has 0 fully saturated rings. The molecule has 26 heavy (non-hydrogen) atoms. The van der Waals surface area contributed by atoms with Crippen LogP contribution in [-0.2, 0) is 17.0 Å². The first kappa shape index (κ1) is 18.7.